The highest BCUT2D eigenvalue weighted by Gasteiger charge is 2.30. The van der Waals surface area contributed by atoms with Crippen molar-refractivity contribution in [3.05, 3.63) is 70.8 Å². The van der Waals surface area contributed by atoms with Crippen molar-refractivity contribution >= 4 is 24.2 Å². The second-order valence-electron chi connectivity index (χ2n) is 9.59. The van der Waals surface area contributed by atoms with Gasteiger partial charge in [0.2, 0.25) is 5.91 Å². The van der Waals surface area contributed by atoms with Gasteiger partial charge in [0.05, 0.1) is 6.04 Å². The number of hydrogen-bond acceptors (Lipinski definition) is 4. The first-order valence-corrected chi connectivity index (χ1v) is 11.7. The van der Waals surface area contributed by atoms with Crippen LogP contribution in [-0.4, -0.2) is 60.1 Å². The molecule has 1 aliphatic heterocycles. The zero-order chi connectivity index (χ0) is 23.4. The average Bonchev–Trinajstić information content (AvgIpc) is 2.95. The van der Waals surface area contributed by atoms with E-state index in [0.29, 0.717) is 13.1 Å². The molecule has 1 heterocycles. The Labute approximate surface area is 196 Å². The van der Waals surface area contributed by atoms with Crippen LogP contribution < -0.4 is 5.32 Å². The summed E-state index contributed by atoms with van der Waals surface area (Å²) in [7, 11) is 0. The van der Waals surface area contributed by atoms with Crippen molar-refractivity contribution in [1.29, 1.82) is 0 Å². The maximum Gasteiger partial charge on any atom is 0.407 e. The molecule has 0 unspecified atom stereocenters. The van der Waals surface area contributed by atoms with Crippen molar-refractivity contribution in [3.63, 3.8) is 0 Å². The molecule has 1 N–H and O–H groups in total. The molecule has 6 nitrogen and oxygen atoms in total. The van der Waals surface area contributed by atoms with Crippen molar-refractivity contribution < 1.29 is 14.3 Å². The molecule has 2 amide bonds. The highest BCUT2D eigenvalue weighted by molar-refractivity contribution is 5.78. The Hall–Kier alpha value is -3.12. The van der Waals surface area contributed by atoms with E-state index in [0.717, 1.165) is 13.1 Å². The molecule has 2 aliphatic rings. The number of nitrogens with zero attached hydrogens (tertiary/aromatic N) is 2. The van der Waals surface area contributed by atoms with Gasteiger partial charge in [-0.1, -0.05) is 60.7 Å². The van der Waals surface area contributed by atoms with Gasteiger partial charge >= 0.3 is 6.09 Å². The molecule has 0 aromatic heterocycles. The maximum atomic E-state index is 12.7. The van der Waals surface area contributed by atoms with Gasteiger partial charge in [0.25, 0.3) is 0 Å². The van der Waals surface area contributed by atoms with Crippen molar-refractivity contribution in [3.8, 4) is 0 Å². The quantitative estimate of drug-likeness (QED) is 0.758. The minimum absolute atomic E-state index is 0.0639. The molecule has 0 radical (unpaired) electrons. The number of benzene rings is 2. The predicted molar refractivity (Wildman–Crippen MR) is 131 cm³/mol. The number of piperazine rings is 1. The minimum atomic E-state index is -0.546. The van der Waals surface area contributed by atoms with Gasteiger partial charge in [0.1, 0.15) is 5.60 Å². The van der Waals surface area contributed by atoms with Crippen LogP contribution in [-0.2, 0) is 9.53 Å². The number of carbonyl (C=O) groups is 2. The van der Waals surface area contributed by atoms with Crippen molar-refractivity contribution in [1.82, 2.24) is 15.1 Å². The number of fused-ring (bicyclic) bond motifs is 2. The van der Waals surface area contributed by atoms with Crippen molar-refractivity contribution in [2.24, 2.45) is 0 Å². The van der Waals surface area contributed by atoms with E-state index in [2.05, 4.69) is 70.9 Å². The van der Waals surface area contributed by atoms with Gasteiger partial charge < -0.3 is 15.0 Å². The molecule has 1 saturated heterocycles. The van der Waals surface area contributed by atoms with E-state index in [-0.39, 0.29) is 24.9 Å². The molecule has 2 aromatic rings. The summed E-state index contributed by atoms with van der Waals surface area (Å²) >= 11 is 0. The Morgan fingerprint density at radius 1 is 0.909 bits per heavy atom. The van der Waals surface area contributed by atoms with Gasteiger partial charge in [-0.05, 0) is 43.0 Å². The molecular weight excluding hydrogens is 414 g/mol. The van der Waals surface area contributed by atoms with Crippen LogP contribution in [0.1, 0.15) is 55.5 Å². The number of ether oxygens (including phenoxy) is 1. The van der Waals surface area contributed by atoms with Gasteiger partial charge in [-0.3, -0.25) is 9.69 Å². The van der Waals surface area contributed by atoms with Crippen molar-refractivity contribution in [2.45, 2.75) is 38.8 Å². The van der Waals surface area contributed by atoms with Gasteiger partial charge in [-0.15, -0.1) is 0 Å². The van der Waals surface area contributed by atoms with E-state index in [1.165, 1.54) is 22.3 Å². The standard InChI is InChI=1S/C27H33N3O3/c1-27(2,3)33-26(32)28-15-14-24(31)29-16-18-30(19-17-29)25-22-10-6-4-8-20(22)12-13-21-9-5-7-11-23(21)25/h4-13,25H,14-19H2,1-3H3,(H,28,32). The zero-order valence-electron chi connectivity index (χ0n) is 19.7. The summed E-state index contributed by atoms with van der Waals surface area (Å²) in [5, 5.41) is 2.67. The SMILES string of the molecule is CC(C)(C)OC(=O)NCCC(=O)N1CCN(C2c3ccccc3C=Cc3ccccc32)CC1. The Kier molecular flexibility index (Phi) is 6.84. The molecule has 0 atom stereocenters. The molecule has 1 fully saturated rings. The van der Waals surface area contributed by atoms with Gasteiger partial charge in [-0.2, -0.15) is 0 Å². The van der Waals surface area contributed by atoms with Gasteiger partial charge in [0.15, 0.2) is 0 Å². The van der Waals surface area contributed by atoms with E-state index in [1.54, 1.807) is 0 Å². The molecule has 174 valence electrons. The van der Waals surface area contributed by atoms with E-state index in [9.17, 15) is 9.59 Å². The topological polar surface area (TPSA) is 61.9 Å². The Bertz CT molecular complexity index is 983. The molecule has 0 spiro atoms. The highest BCUT2D eigenvalue weighted by Crippen LogP contribution is 2.37. The molecule has 6 heteroatoms. The maximum absolute atomic E-state index is 12.7. The van der Waals surface area contributed by atoms with E-state index >= 15 is 0 Å². The number of carbonyl (C=O) groups excluding carboxylic acids is 2. The number of hydrogen-bond donors (Lipinski definition) is 1. The monoisotopic (exact) mass is 447 g/mol. The van der Waals surface area contributed by atoms with E-state index in [4.69, 9.17) is 4.74 Å². The molecule has 4 rings (SSSR count). The fourth-order valence-corrected chi connectivity index (χ4v) is 4.54. The average molecular weight is 448 g/mol. The third-order valence-corrected chi connectivity index (χ3v) is 6.06. The number of rotatable bonds is 4. The van der Waals surface area contributed by atoms with Crippen LogP contribution in [0, 0.1) is 0 Å². The predicted octanol–water partition coefficient (Wildman–Crippen LogP) is 4.32. The molecular formula is C27H33N3O3. The number of alkyl carbamates (subject to hydrolysis) is 1. The summed E-state index contributed by atoms with van der Waals surface area (Å²) in [6.45, 7) is 8.70. The minimum Gasteiger partial charge on any atom is -0.444 e. The van der Waals surface area contributed by atoms with Crippen LogP contribution in [0.3, 0.4) is 0 Å². The normalized spacial score (nSPS) is 16.5. The summed E-state index contributed by atoms with van der Waals surface area (Å²) in [6, 6.07) is 17.3. The fraction of sp³-hybridized carbons (Fsp3) is 0.407. The lowest BCUT2D eigenvalue weighted by Crippen LogP contribution is -2.50. The fourth-order valence-electron chi connectivity index (χ4n) is 4.54. The van der Waals surface area contributed by atoms with E-state index < -0.39 is 11.7 Å². The Morgan fingerprint density at radius 3 is 2.00 bits per heavy atom. The third kappa shape index (κ3) is 5.63. The smallest absolute Gasteiger partial charge is 0.407 e. The summed E-state index contributed by atoms with van der Waals surface area (Å²) in [5.41, 5.74) is 4.55. The lowest BCUT2D eigenvalue weighted by molar-refractivity contribution is -0.133. The van der Waals surface area contributed by atoms with Crippen LogP contribution in [0.4, 0.5) is 4.79 Å². The summed E-state index contributed by atoms with van der Waals surface area (Å²) < 4.78 is 5.23. The lowest BCUT2D eigenvalue weighted by atomic mass is 9.92. The van der Waals surface area contributed by atoms with E-state index in [1.807, 2.05) is 25.7 Å². The molecule has 0 bridgehead atoms. The molecule has 1 aliphatic carbocycles. The first-order chi connectivity index (χ1) is 15.8. The van der Waals surface area contributed by atoms with Crippen LogP contribution >= 0.6 is 0 Å². The lowest BCUT2D eigenvalue weighted by Gasteiger charge is -2.40. The molecule has 33 heavy (non-hydrogen) atoms. The van der Waals surface area contributed by atoms with Crippen LogP contribution in [0.15, 0.2) is 48.5 Å². The Morgan fingerprint density at radius 2 is 1.45 bits per heavy atom. The Balaban J connectivity index is 1.38. The van der Waals surface area contributed by atoms with Crippen LogP contribution in [0.5, 0.6) is 0 Å². The number of nitrogens with one attached hydrogen (secondary N) is 1. The van der Waals surface area contributed by atoms with Crippen LogP contribution in [0.25, 0.3) is 12.2 Å². The van der Waals surface area contributed by atoms with Crippen LogP contribution in [0.2, 0.25) is 0 Å². The zero-order valence-corrected chi connectivity index (χ0v) is 19.7. The highest BCUT2D eigenvalue weighted by atomic mass is 16.6. The van der Waals surface area contributed by atoms with Gasteiger partial charge in [-0.25, -0.2) is 4.79 Å². The third-order valence-electron chi connectivity index (χ3n) is 6.06. The second kappa shape index (κ2) is 9.79. The largest absolute Gasteiger partial charge is 0.444 e. The molecule has 0 saturated carbocycles. The summed E-state index contributed by atoms with van der Waals surface area (Å²) in [6.07, 6.45) is 4.19. The first-order valence-electron chi connectivity index (χ1n) is 11.7. The first kappa shape index (κ1) is 23.1. The molecule has 2 aromatic carbocycles. The van der Waals surface area contributed by atoms with Crippen molar-refractivity contribution in [2.75, 3.05) is 32.7 Å². The second-order valence-corrected chi connectivity index (χ2v) is 9.59. The summed E-state index contributed by atoms with van der Waals surface area (Å²) in [4.78, 5) is 28.9. The number of amides is 2. The summed E-state index contributed by atoms with van der Waals surface area (Å²) in [5.74, 6) is 0.0639. The van der Waals surface area contributed by atoms with Gasteiger partial charge in [0, 0.05) is 39.1 Å².